The van der Waals surface area contributed by atoms with E-state index in [9.17, 15) is 19.3 Å². The summed E-state index contributed by atoms with van der Waals surface area (Å²) in [7, 11) is 0.488. The third-order valence-corrected chi connectivity index (χ3v) is 9.42. The van der Waals surface area contributed by atoms with Crippen LogP contribution in [-0.4, -0.2) is 50.5 Å². The smallest absolute Gasteiger partial charge is 0.330 e. The molecule has 1 aromatic heterocycles. The number of nitrogens with zero attached hydrogens (tertiary/aromatic N) is 1. The van der Waals surface area contributed by atoms with Gasteiger partial charge in [-0.25, -0.2) is 9.18 Å². The number of hydrogen-bond donors (Lipinski definition) is 2. The van der Waals surface area contributed by atoms with Crippen LogP contribution >= 0.6 is 29.8 Å². The summed E-state index contributed by atoms with van der Waals surface area (Å²) in [4.78, 5) is 26.4. The first-order valence-corrected chi connectivity index (χ1v) is 14.3. The molecule has 35 heavy (non-hydrogen) atoms. The zero-order valence-electron chi connectivity index (χ0n) is 19.9. The van der Waals surface area contributed by atoms with Gasteiger partial charge in [0.15, 0.2) is 11.9 Å². The number of hydrogen-bond acceptors (Lipinski definition) is 9. The summed E-state index contributed by atoms with van der Waals surface area (Å²) in [5.74, 6) is 0. The van der Waals surface area contributed by atoms with Crippen LogP contribution in [0.15, 0.2) is 51.0 Å². The fraction of sp³-hybridized carbons (Fsp3) is 0.545. The van der Waals surface area contributed by atoms with Crippen LogP contribution in [0.1, 0.15) is 39.5 Å². The lowest BCUT2D eigenvalue weighted by Gasteiger charge is -2.24. The fourth-order valence-corrected chi connectivity index (χ4v) is 6.27. The van der Waals surface area contributed by atoms with Gasteiger partial charge in [0.05, 0.1) is 13.2 Å². The molecule has 1 aromatic carbocycles. The van der Waals surface area contributed by atoms with Crippen molar-refractivity contribution in [2.45, 2.75) is 67.9 Å². The van der Waals surface area contributed by atoms with Gasteiger partial charge in [0.1, 0.15) is 12.2 Å². The number of H-pyrrole nitrogens is 1. The number of aliphatic hydroxyl groups excluding tert-OH is 1. The molecule has 2 N–H and O–H groups in total. The van der Waals surface area contributed by atoms with E-state index in [2.05, 4.69) is 20.8 Å². The van der Waals surface area contributed by atoms with Crippen molar-refractivity contribution in [1.82, 2.24) is 9.55 Å². The van der Waals surface area contributed by atoms with E-state index in [4.69, 9.17) is 13.8 Å². The molecule has 194 valence electrons. The number of benzene rings is 1. The molecule has 2 aromatic rings. The summed E-state index contributed by atoms with van der Waals surface area (Å²) in [6.07, 6.45) is -2.75. The summed E-state index contributed by atoms with van der Waals surface area (Å²) in [5, 5.41) is 10.4. The lowest BCUT2D eigenvalue weighted by atomic mass is 9.98. The highest BCUT2D eigenvalue weighted by Gasteiger charge is 2.55. The number of aromatic nitrogens is 2. The molecule has 0 spiro atoms. The normalized spacial score (nSPS) is 25.6. The number of nitrogens with one attached hydrogen (secondary N) is 1. The van der Waals surface area contributed by atoms with Crippen molar-refractivity contribution in [2.24, 2.45) is 0 Å². The third kappa shape index (κ3) is 7.55. The molecular weight excluding hydrogens is 518 g/mol. The van der Waals surface area contributed by atoms with Crippen LogP contribution < -0.4 is 11.2 Å². The van der Waals surface area contributed by atoms with Gasteiger partial charge in [0, 0.05) is 21.9 Å². The van der Waals surface area contributed by atoms with Gasteiger partial charge >= 0.3 is 13.9 Å². The minimum atomic E-state index is -2.94. The molecule has 1 aliphatic heterocycles. The number of halogens is 1. The van der Waals surface area contributed by atoms with E-state index in [1.165, 1.54) is 0 Å². The van der Waals surface area contributed by atoms with Crippen molar-refractivity contribution in [3.05, 3.63) is 62.9 Å². The van der Waals surface area contributed by atoms with E-state index in [1.807, 2.05) is 29.2 Å². The predicted octanol–water partition coefficient (Wildman–Crippen LogP) is 3.73. The summed E-state index contributed by atoms with van der Waals surface area (Å²) < 4.78 is 44.4. The molecule has 0 aliphatic carbocycles. The molecule has 0 saturated carbocycles. The molecule has 0 amide bonds. The quantitative estimate of drug-likeness (QED) is 0.338. The Labute approximate surface area is 211 Å². The average Bonchev–Trinajstić information content (AvgIpc) is 3.00. The van der Waals surface area contributed by atoms with Crippen LogP contribution in [0.25, 0.3) is 0 Å². The Bertz CT molecular complexity index is 1150. The second-order valence-corrected chi connectivity index (χ2v) is 13.3. The maximum atomic E-state index is 15.2. The number of aliphatic hydroxyl groups is 1. The highest BCUT2D eigenvalue weighted by atomic mass is 33.1. The Kier molecular flexibility index (Phi) is 9.47. The van der Waals surface area contributed by atoms with Crippen molar-refractivity contribution in [3.8, 4) is 0 Å². The topological polar surface area (TPSA) is 120 Å². The van der Waals surface area contributed by atoms with Crippen LogP contribution in [0.5, 0.6) is 0 Å². The van der Waals surface area contributed by atoms with Crippen molar-refractivity contribution in [1.29, 1.82) is 0 Å². The molecule has 1 unspecified atom stereocenters. The van der Waals surface area contributed by atoms with E-state index in [0.717, 1.165) is 34.2 Å². The van der Waals surface area contributed by atoms with Crippen LogP contribution in [0.3, 0.4) is 0 Å². The predicted molar refractivity (Wildman–Crippen MR) is 135 cm³/mol. The van der Waals surface area contributed by atoms with Gasteiger partial charge in [0.25, 0.3) is 5.56 Å². The average molecular weight is 549 g/mol. The lowest BCUT2D eigenvalue weighted by Crippen LogP contribution is -2.43. The van der Waals surface area contributed by atoms with E-state index in [-0.39, 0.29) is 11.4 Å². The first-order chi connectivity index (χ1) is 16.4. The first-order valence-electron chi connectivity index (χ1n) is 11.0. The summed E-state index contributed by atoms with van der Waals surface area (Å²) in [5.41, 5.74) is -2.83. The fourth-order valence-electron chi connectivity index (χ4n) is 3.36. The summed E-state index contributed by atoms with van der Waals surface area (Å²) in [6.45, 7) is 7.24. The zero-order valence-corrected chi connectivity index (χ0v) is 22.5. The molecule has 1 aliphatic rings. The SMILES string of the molecule is CC(C)(C)SSc1ccccc1CCO[PH](=O)OC[C@H]1O[C@@H](n2ccc(=O)[nH]c2=O)[C@](C)(F)[C@@H]1O. The van der Waals surface area contributed by atoms with Crippen LogP contribution in [0.4, 0.5) is 4.39 Å². The van der Waals surface area contributed by atoms with E-state index >= 15 is 4.39 Å². The van der Waals surface area contributed by atoms with Crippen LogP contribution in [0.2, 0.25) is 0 Å². The Morgan fingerprint density at radius 2 is 1.97 bits per heavy atom. The molecule has 9 nitrogen and oxygen atoms in total. The number of aromatic amines is 1. The molecule has 5 atom stereocenters. The van der Waals surface area contributed by atoms with Gasteiger partial charge in [-0.3, -0.25) is 18.9 Å². The lowest BCUT2D eigenvalue weighted by molar-refractivity contribution is -0.0590. The number of rotatable bonds is 10. The Hall–Kier alpha value is -1.40. The molecule has 0 radical (unpaired) electrons. The maximum absolute atomic E-state index is 15.2. The molecule has 3 rings (SSSR count). The zero-order chi connectivity index (χ0) is 25.8. The summed E-state index contributed by atoms with van der Waals surface area (Å²) in [6, 6.07) is 8.94. The van der Waals surface area contributed by atoms with Crippen molar-refractivity contribution >= 4 is 29.8 Å². The minimum absolute atomic E-state index is 0.0976. The van der Waals surface area contributed by atoms with Gasteiger partial charge < -0.3 is 18.9 Å². The summed E-state index contributed by atoms with van der Waals surface area (Å²) >= 11 is 0. The van der Waals surface area contributed by atoms with E-state index in [1.54, 1.807) is 21.6 Å². The van der Waals surface area contributed by atoms with E-state index < -0.39 is 50.2 Å². The highest BCUT2D eigenvalue weighted by molar-refractivity contribution is 8.77. The monoisotopic (exact) mass is 548 g/mol. The molecular formula is C22H30FN2O7PS2. The second-order valence-electron chi connectivity index (χ2n) is 9.19. The third-order valence-electron chi connectivity index (χ3n) is 5.13. The van der Waals surface area contributed by atoms with Gasteiger partial charge in [-0.2, -0.15) is 0 Å². The van der Waals surface area contributed by atoms with Crippen molar-refractivity contribution in [3.63, 3.8) is 0 Å². The number of ether oxygens (including phenoxy) is 1. The number of alkyl halides is 1. The largest absolute Gasteiger partial charge is 0.387 e. The molecule has 0 bridgehead atoms. The van der Waals surface area contributed by atoms with Gasteiger partial charge in [-0.15, -0.1) is 0 Å². The van der Waals surface area contributed by atoms with Crippen LogP contribution in [-0.2, 0) is 24.8 Å². The Morgan fingerprint density at radius 1 is 1.26 bits per heavy atom. The second kappa shape index (κ2) is 11.8. The Balaban J connectivity index is 1.51. The minimum Gasteiger partial charge on any atom is -0.387 e. The maximum Gasteiger partial charge on any atom is 0.330 e. The molecule has 1 saturated heterocycles. The molecule has 1 fully saturated rings. The first kappa shape index (κ1) is 28.2. The van der Waals surface area contributed by atoms with Crippen LogP contribution in [0, 0.1) is 0 Å². The molecule has 13 heteroatoms. The standard InChI is InChI=1S/C22H30FN2O7PS2/c1-21(2,3)35-34-16-8-6-5-7-14(16)10-12-30-33(29)31-13-15-18(27)22(4,23)19(32-15)25-11-9-17(26)24-20(25)28/h5-9,11,15,18-19,27,33H,10,12-13H2,1-4H3,(H,24,26,28)/t15-,18-,19-,22-/m1/s1. The van der Waals surface area contributed by atoms with Gasteiger partial charge in [0.2, 0.25) is 0 Å². The van der Waals surface area contributed by atoms with E-state index in [0.29, 0.717) is 6.42 Å². The van der Waals surface area contributed by atoms with Crippen molar-refractivity contribution < 1.29 is 27.8 Å². The van der Waals surface area contributed by atoms with Gasteiger partial charge in [-0.05, 0) is 25.0 Å². The highest BCUT2D eigenvalue weighted by Crippen LogP contribution is 2.43. The van der Waals surface area contributed by atoms with Gasteiger partial charge in [-0.1, -0.05) is 60.6 Å². The van der Waals surface area contributed by atoms with Crippen molar-refractivity contribution in [2.75, 3.05) is 13.2 Å². The Morgan fingerprint density at radius 3 is 2.66 bits per heavy atom. The molecule has 2 heterocycles.